The van der Waals surface area contributed by atoms with E-state index in [0.717, 1.165) is 12.8 Å². The molecule has 1 aliphatic carbocycles. The lowest BCUT2D eigenvalue weighted by Gasteiger charge is -2.42. The highest BCUT2D eigenvalue weighted by atomic mass is 28.4. The van der Waals surface area contributed by atoms with Crippen molar-refractivity contribution in [1.29, 1.82) is 0 Å². The van der Waals surface area contributed by atoms with Crippen LogP contribution in [0.5, 0.6) is 0 Å². The highest BCUT2D eigenvalue weighted by Crippen LogP contribution is 2.45. The zero-order valence-electron chi connectivity index (χ0n) is 14.4. The van der Waals surface area contributed by atoms with E-state index in [9.17, 15) is 9.59 Å². The third kappa shape index (κ3) is 2.78. The number of fused-ring (bicyclic) bond motifs is 1. The van der Waals surface area contributed by atoms with E-state index in [0.29, 0.717) is 10.4 Å². The molecular formula is C20H26O2Si. The minimum Gasteiger partial charge on any atom is -0.404 e. The first kappa shape index (κ1) is 16.4. The van der Waals surface area contributed by atoms with Crippen molar-refractivity contribution in [2.45, 2.75) is 51.4 Å². The largest absolute Gasteiger partial charge is 0.404 e. The van der Waals surface area contributed by atoms with E-state index < -0.39 is 8.56 Å². The van der Waals surface area contributed by atoms with Gasteiger partial charge >= 0.3 is 8.56 Å². The molecule has 0 spiro atoms. The predicted molar refractivity (Wildman–Crippen MR) is 97.6 cm³/mol. The van der Waals surface area contributed by atoms with Gasteiger partial charge in [0.2, 0.25) is 0 Å². The van der Waals surface area contributed by atoms with Crippen LogP contribution in [0.2, 0.25) is 0 Å². The normalized spacial score (nSPS) is 19.2. The third-order valence-corrected chi connectivity index (χ3v) is 7.69. The highest BCUT2D eigenvalue weighted by molar-refractivity contribution is 6.90. The van der Waals surface area contributed by atoms with E-state index in [1.807, 2.05) is 24.3 Å². The Morgan fingerprint density at radius 2 is 1.30 bits per heavy atom. The number of benzene rings is 2. The summed E-state index contributed by atoms with van der Waals surface area (Å²) in [7, 11) is -3.62. The lowest BCUT2D eigenvalue weighted by molar-refractivity contribution is 0.331. The molecule has 0 saturated carbocycles. The monoisotopic (exact) mass is 326 g/mol. The molecule has 3 rings (SSSR count). The summed E-state index contributed by atoms with van der Waals surface area (Å²) in [6.07, 6.45) is 2.28. The van der Waals surface area contributed by atoms with Crippen LogP contribution in [0.15, 0.2) is 48.5 Å². The smallest absolute Gasteiger partial charge is 0.401 e. The molecule has 0 aliphatic heterocycles. The first-order valence-corrected chi connectivity index (χ1v) is 10.2. The third-order valence-electron chi connectivity index (χ3n) is 5.43. The summed E-state index contributed by atoms with van der Waals surface area (Å²) in [5, 5.41) is 1.31. The fourth-order valence-corrected chi connectivity index (χ4v) is 5.29. The van der Waals surface area contributed by atoms with Crippen molar-refractivity contribution in [3.63, 3.8) is 0 Å². The van der Waals surface area contributed by atoms with E-state index in [4.69, 9.17) is 0 Å². The molecule has 0 aromatic heterocycles. The molecule has 3 heteroatoms. The van der Waals surface area contributed by atoms with Crippen LogP contribution < -0.4 is 10.4 Å². The van der Waals surface area contributed by atoms with Crippen LogP contribution >= 0.6 is 0 Å². The van der Waals surface area contributed by atoms with Crippen molar-refractivity contribution in [3.05, 3.63) is 59.7 Å². The molecule has 2 N–H and O–H groups in total. The Balaban J connectivity index is 2.14. The molecule has 1 aliphatic rings. The van der Waals surface area contributed by atoms with Crippen molar-refractivity contribution in [2.24, 2.45) is 0 Å². The maximum absolute atomic E-state index is 10.9. The van der Waals surface area contributed by atoms with Crippen LogP contribution in [0, 0.1) is 0 Å². The minimum atomic E-state index is -3.62. The molecule has 0 amide bonds. The maximum atomic E-state index is 10.9. The van der Waals surface area contributed by atoms with Gasteiger partial charge in [-0.25, -0.2) is 0 Å². The summed E-state index contributed by atoms with van der Waals surface area (Å²) in [5.41, 5.74) is 2.82. The maximum Gasteiger partial charge on any atom is 0.401 e. The van der Waals surface area contributed by atoms with Crippen LogP contribution in [0.25, 0.3) is 0 Å². The summed E-state index contributed by atoms with van der Waals surface area (Å²) >= 11 is 0. The van der Waals surface area contributed by atoms with Gasteiger partial charge in [0.1, 0.15) is 0 Å². The van der Waals surface area contributed by atoms with Crippen molar-refractivity contribution in [3.8, 4) is 0 Å². The van der Waals surface area contributed by atoms with Crippen molar-refractivity contribution in [1.82, 2.24) is 0 Å². The van der Waals surface area contributed by atoms with Gasteiger partial charge < -0.3 is 9.59 Å². The first-order chi connectivity index (χ1) is 10.6. The summed E-state index contributed by atoms with van der Waals surface area (Å²) in [4.78, 5) is 21.7. The predicted octanol–water partition coefficient (Wildman–Crippen LogP) is 2.58. The molecule has 0 bridgehead atoms. The molecule has 0 fully saturated rings. The number of hydrogen-bond acceptors (Lipinski definition) is 2. The van der Waals surface area contributed by atoms with Crippen LogP contribution in [0.4, 0.5) is 0 Å². The van der Waals surface area contributed by atoms with E-state index in [1.54, 1.807) is 12.1 Å². The zero-order chi connectivity index (χ0) is 16.9. The highest BCUT2D eigenvalue weighted by Gasteiger charge is 2.40. The molecule has 122 valence electrons. The van der Waals surface area contributed by atoms with Gasteiger partial charge in [0.25, 0.3) is 0 Å². The summed E-state index contributed by atoms with van der Waals surface area (Å²) in [5.74, 6) is 0. The quantitative estimate of drug-likeness (QED) is 0.833. The zero-order valence-corrected chi connectivity index (χ0v) is 15.4. The fourth-order valence-electron chi connectivity index (χ4n) is 3.64. The van der Waals surface area contributed by atoms with E-state index in [2.05, 4.69) is 39.8 Å². The Labute approximate surface area is 140 Å². The lowest BCUT2D eigenvalue weighted by atomic mass is 9.63. The van der Waals surface area contributed by atoms with Crippen molar-refractivity contribution in [2.75, 3.05) is 0 Å². The molecule has 0 saturated heterocycles. The average molecular weight is 327 g/mol. The molecule has 2 aromatic carbocycles. The summed E-state index contributed by atoms with van der Waals surface area (Å²) in [6, 6.07) is 15.3. The lowest BCUT2D eigenvalue weighted by Crippen LogP contribution is -2.59. The first-order valence-electron chi connectivity index (χ1n) is 8.30. The second-order valence-corrected chi connectivity index (χ2v) is 10.6. The van der Waals surface area contributed by atoms with Gasteiger partial charge in [-0.15, -0.1) is 0 Å². The van der Waals surface area contributed by atoms with E-state index >= 15 is 0 Å². The van der Waals surface area contributed by atoms with Gasteiger partial charge in [0, 0.05) is 0 Å². The van der Waals surface area contributed by atoms with Crippen LogP contribution in [0.3, 0.4) is 0 Å². The molecule has 0 heterocycles. The van der Waals surface area contributed by atoms with Crippen molar-refractivity contribution < 1.29 is 9.59 Å². The topological polar surface area (TPSA) is 40.5 Å². The molecule has 2 aromatic rings. The molecule has 0 unspecified atom stereocenters. The fraction of sp³-hybridized carbons (Fsp3) is 0.400. The Morgan fingerprint density at radius 3 is 1.91 bits per heavy atom. The van der Waals surface area contributed by atoms with Gasteiger partial charge in [-0.2, -0.15) is 0 Å². The van der Waals surface area contributed by atoms with Gasteiger partial charge in [-0.1, -0.05) is 76.2 Å². The van der Waals surface area contributed by atoms with Gasteiger partial charge in [-0.05, 0) is 45.2 Å². The second kappa shape index (κ2) is 5.30. The van der Waals surface area contributed by atoms with E-state index in [1.165, 1.54) is 11.1 Å². The molecule has 2 nitrogen and oxygen atoms in total. The standard InChI is InChI=1S/C20H26O2Si/c1-19(2)12-13-20(3,4)18-14-16(10-11-17(18)19)23(21,22)15-8-6-5-7-9-15/h5-11,14,21-22H,12-13H2,1-4H3. The Morgan fingerprint density at radius 1 is 0.739 bits per heavy atom. The van der Waals surface area contributed by atoms with Crippen LogP contribution in [0.1, 0.15) is 51.7 Å². The van der Waals surface area contributed by atoms with Crippen LogP contribution in [-0.2, 0) is 10.8 Å². The molecule has 0 atom stereocenters. The number of rotatable bonds is 2. The molecule has 23 heavy (non-hydrogen) atoms. The SMILES string of the molecule is CC1(C)CCC(C)(C)c2cc([Si](O)(O)c3ccccc3)ccc21. The van der Waals surface area contributed by atoms with Gasteiger partial charge in [0.05, 0.1) is 0 Å². The Hall–Kier alpha value is -1.42. The molecule has 0 radical (unpaired) electrons. The van der Waals surface area contributed by atoms with Gasteiger partial charge in [0.15, 0.2) is 0 Å². The van der Waals surface area contributed by atoms with E-state index in [-0.39, 0.29) is 10.8 Å². The minimum absolute atomic E-state index is 0.0715. The van der Waals surface area contributed by atoms with Crippen LogP contribution in [-0.4, -0.2) is 18.2 Å². The second-order valence-electron chi connectivity index (χ2n) is 8.07. The van der Waals surface area contributed by atoms with Crippen molar-refractivity contribution >= 4 is 18.9 Å². The summed E-state index contributed by atoms with van der Waals surface area (Å²) in [6.45, 7) is 9.07. The number of hydrogen-bond donors (Lipinski definition) is 2. The Kier molecular flexibility index (Phi) is 3.79. The Bertz CT molecular complexity index is 718. The molecular weight excluding hydrogens is 300 g/mol. The average Bonchev–Trinajstić information content (AvgIpc) is 2.52. The summed E-state index contributed by atoms with van der Waals surface area (Å²) < 4.78 is 0. The van der Waals surface area contributed by atoms with Gasteiger partial charge in [-0.3, -0.25) is 0 Å².